The molecule has 0 aliphatic heterocycles. The van der Waals surface area contributed by atoms with E-state index in [1.807, 2.05) is 79.1 Å². The minimum Gasteiger partial charge on any atom is -0.497 e. The van der Waals surface area contributed by atoms with Crippen LogP contribution in [-0.4, -0.2) is 39.7 Å². The number of hydrogen-bond donors (Lipinski definition) is 1. The summed E-state index contributed by atoms with van der Waals surface area (Å²) in [5, 5.41) is 13.4. The smallest absolute Gasteiger partial charge is 0.250 e. The number of hydrogen-bond acceptors (Lipinski definition) is 7. The highest BCUT2D eigenvalue weighted by Gasteiger charge is 2.17. The molecule has 4 rings (SSSR count). The van der Waals surface area contributed by atoms with Crippen LogP contribution in [0.15, 0.2) is 70.9 Å². The van der Waals surface area contributed by atoms with Crippen LogP contribution in [0.5, 0.6) is 5.75 Å². The molecular weight excluding hydrogens is 454 g/mol. The Bertz CT molecular complexity index is 1260. The van der Waals surface area contributed by atoms with Crippen LogP contribution in [0.1, 0.15) is 15.3 Å². The lowest BCUT2D eigenvalue weighted by atomic mass is 10.2. The minimum atomic E-state index is -0.214. The van der Waals surface area contributed by atoms with Crippen LogP contribution in [0, 0.1) is 13.8 Å². The number of nitrogens with zero attached hydrogens (tertiary/aromatic N) is 4. The topological polar surface area (TPSA) is 81.4 Å². The molecule has 9 heteroatoms. The third-order valence-corrected chi connectivity index (χ3v) is 6.61. The summed E-state index contributed by atoms with van der Waals surface area (Å²) in [6.45, 7) is 4.07. The summed E-state index contributed by atoms with van der Waals surface area (Å²) in [4.78, 5) is 14.5. The molecule has 168 valence electrons. The van der Waals surface area contributed by atoms with Gasteiger partial charge in [-0.1, -0.05) is 29.5 Å². The van der Waals surface area contributed by atoms with Crippen molar-refractivity contribution in [3.8, 4) is 22.8 Å². The molecule has 2 aromatic carbocycles. The highest BCUT2D eigenvalue weighted by atomic mass is 32.2. The number of thioether (sulfide) groups is 1. The van der Waals surface area contributed by atoms with Crippen molar-refractivity contribution in [3.05, 3.63) is 76.0 Å². The Labute approximate surface area is 200 Å². The fraction of sp³-hybridized carbons (Fsp3) is 0.167. The number of aromatic nitrogens is 3. The fourth-order valence-electron chi connectivity index (χ4n) is 3.07. The summed E-state index contributed by atoms with van der Waals surface area (Å²) in [5.41, 5.74) is 5.55. The molecule has 0 aliphatic carbocycles. The van der Waals surface area contributed by atoms with Crippen molar-refractivity contribution in [2.75, 3.05) is 12.9 Å². The Hall–Kier alpha value is -3.43. The van der Waals surface area contributed by atoms with E-state index in [1.165, 1.54) is 16.6 Å². The van der Waals surface area contributed by atoms with E-state index in [0.717, 1.165) is 27.4 Å². The maximum Gasteiger partial charge on any atom is 0.250 e. The molecule has 0 unspecified atom stereocenters. The van der Waals surface area contributed by atoms with Gasteiger partial charge in [-0.05, 0) is 62.4 Å². The zero-order valence-corrected chi connectivity index (χ0v) is 20.1. The summed E-state index contributed by atoms with van der Waals surface area (Å²) in [6, 6.07) is 19.7. The number of benzene rings is 2. The Morgan fingerprint density at radius 3 is 2.52 bits per heavy atom. The first-order valence-corrected chi connectivity index (χ1v) is 12.0. The average molecular weight is 478 g/mol. The molecule has 7 nitrogen and oxygen atoms in total. The minimum absolute atomic E-state index is 0.160. The van der Waals surface area contributed by atoms with Crippen molar-refractivity contribution < 1.29 is 9.53 Å². The van der Waals surface area contributed by atoms with E-state index in [2.05, 4.69) is 20.7 Å². The van der Waals surface area contributed by atoms with Crippen molar-refractivity contribution in [1.82, 2.24) is 20.2 Å². The highest BCUT2D eigenvalue weighted by Crippen LogP contribution is 2.29. The van der Waals surface area contributed by atoms with Gasteiger partial charge < -0.3 is 4.74 Å². The lowest BCUT2D eigenvalue weighted by molar-refractivity contribution is -0.118. The van der Waals surface area contributed by atoms with Gasteiger partial charge in [0.05, 0.1) is 19.1 Å². The molecule has 2 heterocycles. The summed E-state index contributed by atoms with van der Waals surface area (Å²) in [6.07, 6.45) is 1.65. The number of aryl methyl sites for hydroxylation is 2. The number of rotatable bonds is 8. The van der Waals surface area contributed by atoms with Crippen LogP contribution < -0.4 is 10.2 Å². The molecule has 0 spiro atoms. The molecule has 0 saturated carbocycles. The maximum absolute atomic E-state index is 12.3. The van der Waals surface area contributed by atoms with Crippen LogP contribution in [0.4, 0.5) is 0 Å². The van der Waals surface area contributed by atoms with E-state index in [1.54, 1.807) is 24.7 Å². The van der Waals surface area contributed by atoms with Gasteiger partial charge in [-0.25, -0.2) is 5.43 Å². The van der Waals surface area contributed by atoms with Crippen LogP contribution in [0.25, 0.3) is 17.1 Å². The summed E-state index contributed by atoms with van der Waals surface area (Å²) < 4.78 is 7.22. The summed E-state index contributed by atoms with van der Waals surface area (Å²) >= 11 is 2.93. The van der Waals surface area contributed by atoms with Crippen molar-refractivity contribution in [1.29, 1.82) is 0 Å². The van der Waals surface area contributed by atoms with E-state index in [4.69, 9.17) is 4.74 Å². The van der Waals surface area contributed by atoms with Gasteiger partial charge in [0.2, 0.25) is 0 Å². The van der Waals surface area contributed by atoms with Crippen molar-refractivity contribution in [2.45, 2.75) is 19.0 Å². The molecule has 2 aromatic heterocycles. The number of ether oxygens (including phenoxy) is 1. The van der Waals surface area contributed by atoms with Gasteiger partial charge in [0.15, 0.2) is 11.0 Å². The zero-order chi connectivity index (χ0) is 23.2. The lowest BCUT2D eigenvalue weighted by Gasteiger charge is -2.11. The molecule has 0 bridgehead atoms. The molecule has 1 N–H and O–H groups in total. The quantitative estimate of drug-likeness (QED) is 0.223. The lowest BCUT2D eigenvalue weighted by Crippen LogP contribution is -2.19. The maximum atomic E-state index is 12.3. The van der Waals surface area contributed by atoms with Crippen molar-refractivity contribution in [3.63, 3.8) is 0 Å². The number of thiophene rings is 1. The van der Waals surface area contributed by atoms with E-state index < -0.39 is 0 Å². The molecule has 33 heavy (non-hydrogen) atoms. The zero-order valence-electron chi connectivity index (χ0n) is 18.5. The molecule has 0 saturated heterocycles. The first-order valence-electron chi connectivity index (χ1n) is 10.2. The van der Waals surface area contributed by atoms with Crippen LogP contribution in [0.3, 0.4) is 0 Å². The second-order valence-corrected chi connectivity index (χ2v) is 9.50. The second kappa shape index (κ2) is 10.5. The van der Waals surface area contributed by atoms with Gasteiger partial charge in [0.25, 0.3) is 5.91 Å². The predicted octanol–water partition coefficient (Wildman–Crippen LogP) is 4.86. The van der Waals surface area contributed by atoms with Gasteiger partial charge in [0, 0.05) is 21.0 Å². The standard InChI is InChI=1S/C24H23N5O2S2/c1-16-4-9-19(10-5-16)29-23(18-7-11-20(31-3)12-8-18)27-28-24(29)32-15-22(30)26-25-14-21-13-6-17(2)33-21/h4-14H,15H2,1-3H3,(H,26,30). The molecule has 0 aliphatic rings. The van der Waals surface area contributed by atoms with Crippen LogP contribution in [-0.2, 0) is 4.79 Å². The molecule has 1 amide bonds. The first-order chi connectivity index (χ1) is 16.0. The van der Waals surface area contributed by atoms with E-state index in [-0.39, 0.29) is 11.7 Å². The normalized spacial score (nSPS) is 11.1. The SMILES string of the molecule is COc1ccc(-c2nnc(SCC(=O)NN=Cc3ccc(C)s3)n2-c2ccc(C)cc2)cc1. The number of nitrogens with one attached hydrogen (secondary N) is 1. The Kier molecular flexibility index (Phi) is 7.21. The molecule has 0 radical (unpaired) electrons. The van der Waals surface area contributed by atoms with E-state index in [9.17, 15) is 4.79 Å². The number of amides is 1. The Morgan fingerprint density at radius 1 is 1.09 bits per heavy atom. The van der Waals surface area contributed by atoms with Crippen LogP contribution >= 0.6 is 23.1 Å². The number of carbonyl (C=O) groups is 1. The van der Waals surface area contributed by atoms with Gasteiger partial charge in [-0.3, -0.25) is 9.36 Å². The fourth-order valence-corrected chi connectivity index (χ4v) is 4.56. The Balaban J connectivity index is 1.53. The van der Waals surface area contributed by atoms with Crippen molar-refractivity contribution in [2.24, 2.45) is 5.10 Å². The van der Waals surface area contributed by atoms with Crippen molar-refractivity contribution >= 4 is 35.2 Å². The predicted molar refractivity (Wildman–Crippen MR) is 134 cm³/mol. The highest BCUT2D eigenvalue weighted by molar-refractivity contribution is 7.99. The van der Waals surface area contributed by atoms with Gasteiger partial charge in [-0.2, -0.15) is 5.10 Å². The average Bonchev–Trinajstić information content (AvgIpc) is 3.44. The number of hydrazone groups is 1. The molecule has 0 fully saturated rings. The third-order valence-electron chi connectivity index (χ3n) is 4.75. The molecular formula is C24H23N5O2S2. The number of carbonyl (C=O) groups excluding carboxylic acids is 1. The molecule has 0 atom stereocenters. The summed E-state index contributed by atoms with van der Waals surface area (Å²) in [5.74, 6) is 1.40. The number of methoxy groups -OCH3 is 1. The first kappa shape index (κ1) is 22.8. The van der Waals surface area contributed by atoms with Crippen LogP contribution in [0.2, 0.25) is 0 Å². The largest absolute Gasteiger partial charge is 0.497 e. The second-order valence-electron chi connectivity index (χ2n) is 7.24. The van der Waals surface area contributed by atoms with Gasteiger partial charge in [-0.15, -0.1) is 21.5 Å². The molecule has 4 aromatic rings. The van der Waals surface area contributed by atoms with E-state index in [0.29, 0.717) is 11.0 Å². The van der Waals surface area contributed by atoms with Gasteiger partial charge in [0.1, 0.15) is 5.75 Å². The van der Waals surface area contributed by atoms with E-state index >= 15 is 0 Å². The third kappa shape index (κ3) is 5.68. The Morgan fingerprint density at radius 2 is 1.85 bits per heavy atom. The monoisotopic (exact) mass is 477 g/mol. The van der Waals surface area contributed by atoms with Gasteiger partial charge >= 0.3 is 0 Å². The summed E-state index contributed by atoms with van der Waals surface area (Å²) in [7, 11) is 1.63.